The van der Waals surface area contributed by atoms with Gasteiger partial charge >= 0.3 is 0 Å². The number of carbonyl (C=O) groups is 1. The average molecular weight is 269 g/mol. The van der Waals surface area contributed by atoms with Crippen LogP contribution < -0.4 is 10.6 Å². The summed E-state index contributed by atoms with van der Waals surface area (Å²) in [5.74, 6) is 0.176. The second kappa shape index (κ2) is 7.22. The van der Waals surface area contributed by atoms with Crippen molar-refractivity contribution in [2.75, 3.05) is 53.0 Å². The Labute approximate surface area is 116 Å². The molecular formula is C14H27N3O2. The topological polar surface area (TPSA) is 53.6 Å². The zero-order valence-corrected chi connectivity index (χ0v) is 12.0. The van der Waals surface area contributed by atoms with Crippen molar-refractivity contribution < 1.29 is 9.53 Å². The van der Waals surface area contributed by atoms with Crippen LogP contribution in [-0.2, 0) is 9.53 Å². The number of nitrogens with zero attached hydrogens (tertiary/aromatic N) is 1. The molecule has 0 bridgehead atoms. The molecule has 2 aliphatic rings. The highest BCUT2D eigenvalue weighted by molar-refractivity contribution is 5.83. The Hall–Kier alpha value is -0.650. The molecular weight excluding hydrogens is 242 g/mol. The summed E-state index contributed by atoms with van der Waals surface area (Å²) in [5, 5.41) is 6.43. The van der Waals surface area contributed by atoms with Gasteiger partial charge in [0, 0.05) is 20.2 Å². The van der Waals surface area contributed by atoms with E-state index in [4.69, 9.17) is 4.74 Å². The van der Waals surface area contributed by atoms with Gasteiger partial charge in [-0.2, -0.15) is 0 Å². The summed E-state index contributed by atoms with van der Waals surface area (Å²) in [5.41, 5.74) is -0.314. The van der Waals surface area contributed by atoms with E-state index in [-0.39, 0.29) is 11.3 Å². The maximum Gasteiger partial charge on any atom is 0.228 e. The summed E-state index contributed by atoms with van der Waals surface area (Å²) >= 11 is 0. The minimum Gasteiger partial charge on any atom is -0.384 e. The van der Waals surface area contributed by atoms with Gasteiger partial charge in [0.2, 0.25) is 5.91 Å². The summed E-state index contributed by atoms with van der Waals surface area (Å²) in [4.78, 5) is 14.9. The molecule has 2 N–H and O–H groups in total. The standard InChI is InChI=1S/C14H27N3O2/c1-19-12-14(4-6-15-7-5-14)13(18)16-8-11-17-9-2-3-10-17/h15H,2-12H2,1H3,(H,16,18). The van der Waals surface area contributed by atoms with Crippen molar-refractivity contribution in [2.45, 2.75) is 25.7 Å². The molecule has 2 saturated heterocycles. The van der Waals surface area contributed by atoms with Gasteiger partial charge in [-0.3, -0.25) is 4.79 Å². The minimum absolute atomic E-state index is 0.176. The third-order valence-electron chi connectivity index (χ3n) is 4.38. The van der Waals surface area contributed by atoms with Gasteiger partial charge in [-0.1, -0.05) is 0 Å². The monoisotopic (exact) mass is 269 g/mol. The Morgan fingerprint density at radius 1 is 1.32 bits per heavy atom. The molecule has 110 valence electrons. The van der Waals surface area contributed by atoms with Crippen LogP contribution in [0.1, 0.15) is 25.7 Å². The smallest absolute Gasteiger partial charge is 0.228 e. The Bertz CT molecular complexity index is 279. The molecule has 1 amide bonds. The summed E-state index contributed by atoms with van der Waals surface area (Å²) in [7, 11) is 1.68. The largest absolute Gasteiger partial charge is 0.384 e. The number of nitrogens with one attached hydrogen (secondary N) is 2. The molecule has 0 aromatic heterocycles. The van der Waals surface area contributed by atoms with Gasteiger partial charge in [0.15, 0.2) is 0 Å². The lowest BCUT2D eigenvalue weighted by Gasteiger charge is -2.35. The van der Waals surface area contributed by atoms with E-state index in [1.54, 1.807) is 7.11 Å². The third kappa shape index (κ3) is 3.91. The molecule has 0 saturated carbocycles. The SMILES string of the molecule is COCC1(C(=O)NCCN2CCCC2)CCNCC1. The van der Waals surface area contributed by atoms with Crippen LogP contribution in [0, 0.1) is 5.41 Å². The number of ether oxygens (including phenoxy) is 1. The molecule has 0 unspecified atom stereocenters. The fourth-order valence-corrected chi connectivity index (χ4v) is 3.14. The first kappa shape index (κ1) is 14.8. The average Bonchev–Trinajstić information content (AvgIpc) is 2.93. The lowest BCUT2D eigenvalue weighted by atomic mass is 9.78. The molecule has 5 heteroatoms. The molecule has 0 radical (unpaired) electrons. The summed E-state index contributed by atoms with van der Waals surface area (Å²) in [6.07, 6.45) is 4.34. The minimum atomic E-state index is -0.314. The van der Waals surface area contributed by atoms with E-state index in [9.17, 15) is 4.79 Å². The van der Waals surface area contributed by atoms with Crippen LogP contribution in [0.3, 0.4) is 0 Å². The van der Waals surface area contributed by atoms with Crippen LogP contribution in [0.2, 0.25) is 0 Å². The second-order valence-electron chi connectivity index (χ2n) is 5.77. The lowest BCUT2D eigenvalue weighted by molar-refractivity contribution is -0.136. The molecule has 2 heterocycles. The number of likely N-dealkylation sites (tertiary alicyclic amines) is 1. The zero-order chi connectivity index (χ0) is 13.6. The normalized spacial score (nSPS) is 23.4. The van der Waals surface area contributed by atoms with Gasteiger partial charge in [0.05, 0.1) is 12.0 Å². The van der Waals surface area contributed by atoms with Gasteiger partial charge in [-0.25, -0.2) is 0 Å². The maximum absolute atomic E-state index is 12.4. The highest BCUT2D eigenvalue weighted by atomic mass is 16.5. The van der Waals surface area contributed by atoms with Crippen molar-refractivity contribution in [3.63, 3.8) is 0 Å². The van der Waals surface area contributed by atoms with Crippen LogP contribution >= 0.6 is 0 Å². The van der Waals surface area contributed by atoms with Gasteiger partial charge in [-0.05, 0) is 51.9 Å². The molecule has 0 atom stereocenters. The van der Waals surface area contributed by atoms with E-state index < -0.39 is 0 Å². The zero-order valence-electron chi connectivity index (χ0n) is 12.0. The Morgan fingerprint density at radius 2 is 2.00 bits per heavy atom. The van der Waals surface area contributed by atoms with Crippen LogP contribution in [0.4, 0.5) is 0 Å². The molecule has 2 aliphatic heterocycles. The van der Waals surface area contributed by atoms with Crippen LogP contribution in [0.5, 0.6) is 0 Å². The first-order chi connectivity index (χ1) is 9.27. The first-order valence-corrected chi connectivity index (χ1v) is 7.47. The molecule has 0 aromatic rings. The van der Waals surface area contributed by atoms with E-state index in [1.807, 2.05) is 0 Å². The number of piperidine rings is 1. The lowest BCUT2D eigenvalue weighted by Crippen LogP contribution is -2.51. The van der Waals surface area contributed by atoms with Crippen molar-refractivity contribution >= 4 is 5.91 Å². The molecule has 2 rings (SSSR count). The Kier molecular flexibility index (Phi) is 5.60. The molecule has 2 fully saturated rings. The third-order valence-corrected chi connectivity index (χ3v) is 4.38. The molecule has 0 spiro atoms. The van der Waals surface area contributed by atoms with E-state index in [2.05, 4.69) is 15.5 Å². The molecule has 19 heavy (non-hydrogen) atoms. The van der Waals surface area contributed by atoms with Crippen molar-refractivity contribution in [1.29, 1.82) is 0 Å². The van der Waals surface area contributed by atoms with E-state index >= 15 is 0 Å². The number of hydrogen-bond acceptors (Lipinski definition) is 4. The van der Waals surface area contributed by atoms with Crippen LogP contribution in [-0.4, -0.2) is 63.8 Å². The first-order valence-electron chi connectivity index (χ1n) is 7.47. The van der Waals surface area contributed by atoms with E-state index in [0.717, 1.165) is 39.0 Å². The van der Waals surface area contributed by atoms with Crippen LogP contribution in [0.25, 0.3) is 0 Å². The second-order valence-corrected chi connectivity index (χ2v) is 5.77. The summed E-state index contributed by atoms with van der Waals surface area (Å²) in [6.45, 7) is 6.45. The Balaban J connectivity index is 1.78. The predicted octanol–water partition coefficient (Wildman–Crippen LogP) is 0.215. The van der Waals surface area contributed by atoms with Crippen LogP contribution in [0.15, 0.2) is 0 Å². The number of hydrogen-bond donors (Lipinski definition) is 2. The van der Waals surface area contributed by atoms with Crippen molar-refractivity contribution in [1.82, 2.24) is 15.5 Å². The summed E-state index contributed by atoms with van der Waals surface area (Å²) in [6, 6.07) is 0. The molecule has 0 aliphatic carbocycles. The fourth-order valence-electron chi connectivity index (χ4n) is 3.14. The van der Waals surface area contributed by atoms with E-state index in [0.29, 0.717) is 6.61 Å². The summed E-state index contributed by atoms with van der Waals surface area (Å²) < 4.78 is 5.29. The number of methoxy groups -OCH3 is 1. The maximum atomic E-state index is 12.4. The fraction of sp³-hybridized carbons (Fsp3) is 0.929. The van der Waals surface area contributed by atoms with E-state index in [1.165, 1.54) is 25.9 Å². The highest BCUT2D eigenvalue weighted by Crippen LogP contribution is 2.29. The van der Waals surface area contributed by atoms with Crippen molar-refractivity contribution in [2.24, 2.45) is 5.41 Å². The number of carbonyl (C=O) groups excluding carboxylic acids is 1. The van der Waals surface area contributed by atoms with Crippen molar-refractivity contribution in [3.8, 4) is 0 Å². The Morgan fingerprint density at radius 3 is 2.63 bits per heavy atom. The van der Waals surface area contributed by atoms with Gasteiger partial charge in [0.1, 0.15) is 0 Å². The highest BCUT2D eigenvalue weighted by Gasteiger charge is 2.39. The quantitative estimate of drug-likeness (QED) is 0.724. The van der Waals surface area contributed by atoms with Gasteiger partial charge in [-0.15, -0.1) is 0 Å². The molecule has 5 nitrogen and oxygen atoms in total. The molecule has 0 aromatic carbocycles. The number of amides is 1. The van der Waals surface area contributed by atoms with Gasteiger partial charge < -0.3 is 20.3 Å². The van der Waals surface area contributed by atoms with Gasteiger partial charge in [0.25, 0.3) is 0 Å². The van der Waals surface area contributed by atoms with Crippen molar-refractivity contribution in [3.05, 3.63) is 0 Å². The number of rotatable bonds is 6. The predicted molar refractivity (Wildman–Crippen MR) is 75.1 cm³/mol.